The summed E-state index contributed by atoms with van der Waals surface area (Å²) >= 11 is 0. The van der Waals surface area contributed by atoms with Crippen molar-refractivity contribution in [2.45, 2.75) is 13.2 Å². The summed E-state index contributed by atoms with van der Waals surface area (Å²) < 4.78 is 44.3. The molecular formula is C15H14F3NO. The first-order chi connectivity index (χ1) is 9.60. The van der Waals surface area contributed by atoms with Gasteiger partial charge in [0.05, 0.1) is 12.3 Å². The second kappa shape index (κ2) is 6.43. The Labute approximate surface area is 115 Å². The van der Waals surface area contributed by atoms with E-state index < -0.39 is 17.5 Å². The first-order valence-corrected chi connectivity index (χ1v) is 6.05. The number of nitrogens with one attached hydrogen (secondary N) is 1. The summed E-state index contributed by atoms with van der Waals surface area (Å²) in [6, 6.07) is 8.85. The molecule has 0 atom stereocenters. The lowest BCUT2D eigenvalue weighted by Gasteiger charge is -2.09. The van der Waals surface area contributed by atoms with E-state index in [1.807, 2.05) is 24.3 Å². The molecule has 1 N–H and O–H groups in total. The van der Waals surface area contributed by atoms with E-state index in [1.54, 1.807) is 7.11 Å². The maximum Gasteiger partial charge on any atom is 0.161 e. The normalized spacial score (nSPS) is 10.6. The highest BCUT2D eigenvalue weighted by Crippen LogP contribution is 2.19. The Morgan fingerprint density at radius 1 is 0.950 bits per heavy atom. The largest absolute Gasteiger partial charge is 0.380 e. The molecule has 0 aliphatic rings. The summed E-state index contributed by atoms with van der Waals surface area (Å²) in [5.74, 6) is -3.10. The first-order valence-electron chi connectivity index (χ1n) is 6.05. The van der Waals surface area contributed by atoms with Crippen LogP contribution >= 0.6 is 0 Å². The average molecular weight is 281 g/mol. The molecule has 0 heterocycles. The van der Waals surface area contributed by atoms with Crippen LogP contribution < -0.4 is 5.32 Å². The molecule has 106 valence electrons. The van der Waals surface area contributed by atoms with Gasteiger partial charge in [-0.1, -0.05) is 24.3 Å². The Balaban J connectivity index is 2.08. The van der Waals surface area contributed by atoms with Gasteiger partial charge < -0.3 is 10.1 Å². The Bertz CT molecular complexity index is 602. The van der Waals surface area contributed by atoms with Crippen LogP contribution in [0.4, 0.5) is 18.9 Å². The van der Waals surface area contributed by atoms with Crippen LogP contribution in [0.3, 0.4) is 0 Å². The van der Waals surface area contributed by atoms with Crippen LogP contribution in [0, 0.1) is 17.5 Å². The Morgan fingerprint density at radius 3 is 2.40 bits per heavy atom. The summed E-state index contributed by atoms with van der Waals surface area (Å²) in [5.41, 5.74) is 1.81. The Kier molecular flexibility index (Phi) is 4.63. The molecule has 0 aliphatic carbocycles. The predicted molar refractivity (Wildman–Crippen MR) is 70.8 cm³/mol. The van der Waals surface area contributed by atoms with Crippen molar-refractivity contribution in [3.63, 3.8) is 0 Å². The van der Waals surface area contributed by atoms with Crippen LogP contribution in [0.25, 0.3) is 0 Å². The third-order valence-corrected chi connectivity index (χ3v) is 2.80. The number of ether oxygens (including phenoxy) is 1. The fraction of sp³-hybridized carbons (Fsp3) is 0.200. The second-order valence-electron chi connectivity index (χ2n) is 4.35. The zero-order valence-electron chi connectivity index (χ0n) is 10.9. The lowest BCUT2D eigenvalue weighted by molar-refractivity contribution is 0.185. The number of anilines is 1. The third kappa shape index (κ3) is 3.51. The number of hydrogen-bond acceptors (Lipinski definition) is 2. The Morgan fingerprint density at radius 2 is 1.65 bits per heavy atom. The maximum absolute atomic E-state index is 13.4. The van der Waals surface area contributed by atoms with E-state index in [9.17, 15) is 13.2 Å². The van der Waals surface area contributed by atoms with Gasteiger partial charge in [0.25, 0.3) is 0 Å². The molecule has 0 amide bonds. The molecule has 5 heteroatoms. The molecule has 0 aliphatic heterocycles. The summed E-state index contributed by atoms with van der Waals surface area (Å²) in [6.45, 7) is 0.785. The van der Waals surface area contributed by atoms with Crippen molar-refractivity contribution >= 4 is 5.69 Å². The van der Waals surface area contributed by atoms with Gasteiger partial charge in [-0.05, 0) is 11.1 Å². The number of benzene rings is 2. The monoisotopic (exact) mass is 281 g/mol. The second-order valence-corrected chi connectivity index (χ2v) is 4.35. The smallest absolute Gasteiger partial charge is 0.161 e. The number of halogens is 3. The van der Waals surface area contributed by atoms with Crippen LogP contribution in [0.15, 0.2) is 36.4 Å². The number of hydrogen-bond donors (Lipinski definition) is 1. The van der Waals surface area contributed by atoms with Gasteiger partial charge in [0.2, 0.25) is 0 Å². The SMILES string of the molecule is COCc1cccc(CNc2cc(F)c(F)cc2F)c1. The van der Waals surface area contributed by atoms with Gasteiger partial charge in [-0.3, -0.25) is 0 Å². The first kappa shape index (κ1) is 14.4. The van der Waals surface area contributed by atoms with Crippen LogP contribution in [0.2, 0.25) is 0 Å². The fourth-order valence-corrected chi connectivity index (χ4v) is 1.85. The predicted octanol–water partition coefficient (Wildman–Crippen LogP) is 3.86. The molecule has 0 unspecified atom stereocenters. The van der Waals surface area contributed by atoms with Gasteiger partial charge in [0.1, 0.15) is 5.82 Å². The van der Waals surface area contributed by atoms with Crippen LogP contribution in [-0.4, -0.2) is 7.11 Å². The summed E-state index contributed by atoms with van der Waals surface area (Å²) in [5, 5.41) is 2.74. The van der Waals surface area contributed by atoms with Gasteiger partial charge in [-0.2, -0.15) is 0 Å². The van der Waals surface area contributed by atoms with E-state index in [1.165, 1.54) is 0 Å². The molecule has 0 bridgehead atoms. The van der Waals surface area contributed by atoms with E-state index >= 15 is 0 Å². The molecule has 20 heavy (non-hydrogen) atoms. The van der Waals surface area contributed by atoms with Crippen molar-refractivity contribution in [3.8, 4) is 0 Å². The quantitative estimate of drug-likeness (QED) is 0.840. The zero-order valence-corrected chi connectivity index (χ0v) is 10.9. The van der Waals surface area contributed by atoms with Gasteiger partial charge in [0.15, 0.2) is 11.6 Å². The summed E-state index contributed by atoms with van der Waals surface area (Å²) in [4.78, 5) is 0. The van der Waals surface area contributed by atoms with Crippen molar-refractivity contribution < 1.29 is 17.9 Å². The van der Waals surface area contributed by atoms with E-state index in [4.69, 9.17) is 4.74 Å². The third-order valence-electron chi connectivity index (χ3n) is 2.80. The minimum absolute atomic E-state index is 0.0685. The molecule has 2 nitrogen and oxygen atoms in total. The lowest BCUT2D eigenvalue weighted by Crippen LogP contribution is -2.03. The lowest BCUT2D eigenvalue weighted by atomic mass is 10.1. The highest BCUT2D eigenvalue weighted by Gasteiger charge is 2.09. The minimum Gasteiger partial charge on any atom is -0.380 e. The minimum atomic E-state index is -1.20. The Hall–Kier alpha value is -2.01. The van der Waals surface area contributed by atoms with E-state index in [-0.39, 0.29) is 5.69 Å². The summed E-state index contributed by atoms with van der Waals surface area (Å²) in [7, 11) is 1.60. The molecule has 0 saturated heterocycles. The van der Waals surface area contributed by atoms with E-state index in [0.717, 1.165) is 17.2 Å². The number of rotatable bonds is 5. The molecule has 2 aromatic carbocycles. The fourth-order valence-electron chi connectivity index (χ4n) is 1.85. The van der Waals surface area contributed by atoms with E-state index in [0.29, 0.717) is 19.2 Å². The highest BCUT2D eigenvalue weighted by molar-refractivity contribution is 5.46. The van der Waals surface area contributed by atoms with Crippen molar-refractivity contribution in [3.05, 3.63) is 65.0 Å². The van der Waals surface area contributed by atoms with Crippen LogP contribution in [-0.2, 0) is 17.9 Å². The molecular weight excluding hydrogens is 267 g/mol. The van der Waals surface area contributed by atoms with Crippen molar-refractivity contribution in [2.24, 2.45) is 0 Å². The topological polar surface area (TPSA) is 21.3 Å². The number of methoxy groups -OCH3 is 1. The summed E-state index contributed by atoms with van der Waals surface area (Å²) in [6.07, 6.45) is 0. The van der Waals surface area contributed by atoms with Gasteiger partial charge in [0, 0.05) is 25.8 Å². The van der Waals surface area contributed by atoms with Crippen molar-refractivity contribution in [1.29, 1.82) is 0 Å². The average Bonchev–Trinajstić information content (AvgIpc) is 2.42. The van der Waals surface area contributed by atoms with Crippen LogP contribution in [0.5, 0.6) is 0 Å². The van der Waals surface area contributed by atoms with E-state index in [2.05, 4.69) is 5.32 Å². The van der Waals surface area contributed by atoms with Crippen molar-refractivity contribution in [1.82, 2.24) is 0 Å². The van der Waals surface area contributed by atoms with Gasteiger partial charge in [-0.15, -0.1) is 0 Å². The maximum atomic E-state index is 13.4. The zero-order chi connectivity index (χ0) is 14.5. The molecule has 0 radical (unpaired) electrons. The molecule has 2 aromatic rings. The standard InChI is InChI=1S/C15H14F3NO/c1-20-9-11-4-2-3-10(5-11)8-19-15-7-13(17)12(16)6-14(15)18/h2-7,19H,8-9H2,1H3. The van der Waals surface area contributed by atoms with Gasteiger partial charge >= 0.3 is 0 Å². The van der Waals surface area contributed by atoms with Crippen molar-refractivity contribution in [2.75, 3.05) is 12.4 Å². The van der Waals surface area contributed by atoms with Crippen LogP contribution in [0.1, 0.15) is 11.1 Å². The molecule has 0 spiro atoms. The van der Waals surface area contributed by atoms with Gasteiger partial charge in [-0.25, -0.2) is 13.2 Å². The molecule has 0 aromatic heterocycles. The highest BCUT2D eigenvalue weighted by atomic mass is 19.2. The molecule has 0 fully saturated rings. The molecule has 0 saturated carbocycles. The molecule has 2 rings (SSSR count).